The molecule has 1 N–H and O–H groups in total. The second-order valence-electron chi connectivity index (χ2n) is 7.00. The predicted molar refractivity (Wildman–Crippen MR) is 112 cm³/mol. The number of hydrogen-bond donors (Lipinski definition) is 1. The van der Waals surface area contributed by atoms with Gasteiger partial charge in [-0.3, -0.25) is 0 Å². The fraction of sp³-hybridized carbons (Fsp3) is 0.273. The van der Waals surface area contributed by atoms with E-state index in [2.05, 4.69) is 34.2 Å². The number of H-pyrrole nitrogens is 1. The van der Waals surface area contributed by atoms with Crippen molar-refractivity contribution in [2.24, 2.45) is 0 Å². The summed E-state index contributed by atoms with van der Waals surface area (Å²) in [7, 11) is 3.64. The standard InChI is InChI=1S/C22H25ClN4O/c1-26(22(28)27(2)15-19-7-10-20(23)11-8-19)14-18-5-3-17(4-6-18)9-12-21-13-24-16-25-21/h3-8,10-11,13,16H,9,12,14-15H2,1-2H3,(H,24,25). The van der Waals surface area contributed by atoms with Crippen molar-refractivity contribution in [2.75, 3.05) is 14.1 Å². The Hall–Kier alpha value is -2.79. The van der Waals surface area contributed by atoms with E-state index in [1.54, 1.807) is 16.1 Å². The number of imidazole rings is 1. The average Bonchev–Trinajstić information content (AvgIpc) is 3.22. The maximum Gasteiger partial charge on any atom is 0.320 e. The number of aryl methyl sites for hydroxylation is 2. The summed E-state index contributed by atoms with van der Waals surface area (Å²) in [5.74, 6) is 0. The van der Waals surface area contributed by atoms with Crippen molar-refractivity contribution in [1.82, 2.24) is 19.8 Å². The lowest BCUT2D eigenvalue weighted by atomic mass is 10.1. The smallest absolute Gasteiger partial charge is 0.320 e. The summed E-state index contributed by atoms with van der Waals surface area (Å²) in [5, 5.41) is 0.697. The number of nitrogens with one attached hydrogen (secondary N) is 1. The molecule has 0 bridgehead atoms. The van der Waals surface area contributed by atoms with Gasteiger partial charge in [0.25, 0.3) is 0 Å². The van der Waals surface area contributed by atoms with E-state index in [0.29, 0.717) is 18.1 Å². The number of urea groups is 1. The van der Waals surface area contributed by atoms with E-state index >= 15 is 0 Å². The fourth-order valence-electron chi connectivity index (χ4n) is 3.08. The van der Waals surface area contributed by atoms with Gasteiger partial charge >= 0.3 is 6.03 Å². The molecule has 1 heterocycles. The molecule has 0 atom stereocenters. The van der Waals surface area contributed by atoms with Gasteiger partial charge in [-0.1, -0.05) is 48.0 Å². The average molecular weight is 397 g/mol. The molecule has 0 radical (unpaired) electrons. The summed E-state index contributed by atoms with van der Waals surface area (Å²) in [4.78, 5) is 23.3. The van der Waals surface area contributed by atoms with Crippen molar-refractivity contribution in [3.63, 3.8) is 0 Å². The largest absolute Gasteiger partial charge is 0.351 e. The van der Waals surface area contributed by atoms with Crippen LogP contribution in [0.25, 0.3) is 0 Å². The van der Waals surface area contributed by atoms with Crippen molar-refractivity contribution in [1.29, 1.82) is 0 Å². The molecule has 0 saturated carbocycles. The van der Waals surface area contributed by atoms with Crippen LogP contribution in [0.15, 0.2) is 61.1 Å². The molecule has 0 fully saturated rings. The molecule has 2 amide bonds. The molecule has 0 aliphatic heterocycles. The highest BCUT2D eigenvalue weighted by Gasteiger charge is 2.14. The van der Waals surface area contributed by atoms with E-state index in [1.165, 1.54) is 5.56 Å². The lowest BCUT2D eigenvalue weighted by Gasteiger charge is -2.25. The summed E-state index contributed by atoms with van der Waals surface area (Å²) in [6, 6.07) is 16.0. The van der Waals surface area contributed by atoms with E-state index in [-0.39, 0.29) is 6.03 Å². The van der Waals surface area contributed by atoms with Gasteiger partial charge in [0.1, 0.15) is 0 Å². The van der Waals surface area contributed by atoms with Crippen LogP contribution >= 0.6 is 11.6 Å². The first-order valence-electron chi connectivity index (χ1n) is 9.27. The number of halogens is 1. The predicted octanol–water partition coefficient (Wildman–Crippen LogP) is 4.53. The highest BCUT2D eigenvalue weighted by Crippen LogP contribution is 2.13. The Labute approximate surface area is 171 Å². The van der Waals surface area contributed by atoms with E-state index in [9.17, 15) is 4.79 Å². The maximum atomic E-state index is 12.6. The van der Waals surface area contributed by atoms with E-state index in [1.807, 2.05) is 44.6 Å². The van der Waals surface area contributed by atoms with E-state index in [4.69, 9.17) is 11.6 Å². The summed E-state index contributed by atoms with van der Waals surface area (Å²) in [5.41, 5.74) is 4.49. The Morgan fingerprint density at radius 1 is 0.893 bits per heavy atom. The van der Waals surface area contributed by atoms with Gasteiger partial charge in [0.15, 0.2) is 0 Å². The quantitative estimate of drug-likeness (QED) is 0.637. The van der Waals surface area contributed by atoms with Gasteiger partial charge in [-0.05, 0) is 41.7 Å². The third kappa shape index (κ3) is 5.60. The van der Waals surface area contributed by atoms with Gasteiger partial charge in [0.05, 0.1) is 12.0 Å². The zero-order valence-electron chi connectivity index (χ0n) is 16.2. The third-order valence-corrected chi connectivity index (χ3v) is 4.91. The summed E-state index contributed by atoms with van der Waals surface area (Å²) in [6.45, 7) is 1.12. The van der Waals surface area contributed by atoms with Crippen LogP contribution in [0.2, 0.25) is 5.02 Å². The molecule has 0 saturated heterocycles. The van der Waals surface area contributed by atoms with Gasteiger partial charge in [0.2, 0.25) is 0 Å². The highest BCUT2D eigenvalue weighted by atomic mass is 35.5. The van der Waals surface area contributed by atoms with Gasteiger partial charge < -0.3 is 14.8 Å². The van der Waals surface area contributed by atoms with Gasteiger partial charge in [-0.2, -0.15) is 0 Å². The first-order chi connectivity index (χ1) is 13.5. The molecule has 2 aromatic carbocycles. The number of carbonyl (C=O) groups excluding carboxylic acids is 1. The third-order valence-electron chi connectivity index (χ3n) is 4.65. The minimum Gasteiger partial charge on any atom is -0.351 e. The Bertz CT molecular complexity index is 876. The molecule has 5 nitrogen and oxygen atoms in total. The number of amides is 2. The number of aromatic amines is 1. The summed E-state index contributed by atoms with van der Waals surface area (Å²) < 4.78 is 0. The number of benzene rings is 2. The molecule has 3 rings (SSSR count). The zero-order valence-corrected chi connectivity index (χ0v) is 17.0. The molecule has 28 heavy (non-hydrogen) atoms. The lowest BCUT2D eigenvalue weighted by molar-refractivity contribution is 0.169. The summed E-state index contributed by atoms with van der Waals surface area (Å²) >= 11 is 5.91. The Morgan fingerprint density at radius 2 is 1.43 bits per heavy atom. The maximum absolute atomic E-state index is 12.6. The minimum absolute atomic E-state index is 0.0161. The molecule has 146 valence electrons. The van der Waals surface area contributed by atoms with Crippen LogP contribution in [0, 0.1) is 0 Å². The molecular formula is C22H25ClN4O. The van der Waals surface area contributed by atoms with Gasteiger partial charge in [0, 0.05) is 38.4 Å². The number of carbonyl (C=O) groups is 1. The topological polar surface area (TPSA) is 52.2 Å². The van der Waals surface area contributed by atoms with Crippen molar-refractivity contribution >= 4 is 17.6 Å². The monoisotopic (exact) mass is 396 g/mol. The van der Waals surface area contributed by atoms with Crippen LogP contribution in [0.3, 0.4) is 0 Å². The Morgan fingerprint density at radius 3 is 1.96 bits per heavy atom. The molecular weight excluding hydrogens is 372 g/mol. The van der Waals surface area contributed by atoms with E-state index in [0.717, 1.165) is 29.7 Å². The van der Waals surface area contributed by atoms with Crippen LogP contribution in [-0.4, -0.2) is 39.9 Å². The molecule has 3 aromatic rings. The number of rotatable bonds is 7. The second kappa shape index (κ2) is 9.42. The SMILES string of the molecule is CN(Cc1ccc(Cl)cc1)C(=O)N(C)Cc1ccc(CCc2c[nH]cn2)cc1. The van der Waals surface area contributed by atoms with Crippen LogP contribution in [0.1, 0.15) is 22.4 Å². The molecule has 0 aliphatic carbocycles. The first kappa shape index (κ1) is 20.0. The van der Waals surface area contributed by atoms with Crippen molar-refractivity contribution in [3.05, 3.63) is 88.5 Å². The van der Waals surface area contributed by atoms with Gasteiger partial charge in [-0.15, -0.1) is 0 Å². The van der Waals surface area contributed by atoms with Crippen LogP contribution in [0.5, 0.6) is 0 Å². The zero-order chi connectivity index (χ0) is 19.9. The van der Waals surface area contributed by atoms with E-state index < -0.39 is 0 Å². The second-order valence-corrected chi connectivity index (χ2v) is 7.43. The number of nitrogens with zero attached hydrogens (tertiary/aromatic N) is 3. The lowest BCUT2D eigenvalue weighted by Crippen LogP contribution is -2.37. The molecule has 0 unspecified atom stereocenters. The fourth-order valence-corrected chi connectivity index (χ4v) is 3.20. The van der Waals surface area contributed by atoms with Crippen molar-refractivity contribution in [3.8, 4) is 0 Å². The van der Waals surface area contributed by atoms with Crippen LogP contribution < -0.4 is 0 Å². The van der Waals surface area contributed by atoms with Crippen LogP contribution in [0.4, 0.5) is 4.79 Å². The Balaban J connectivity index is 1.50. The molecule has 6 heteroatoms. The number of aromatic nitrogens is 2. The molecule has 0 aliphatic rings. The minimum atomic E-state index is -0.0161. The molecule has 1 aromatic heterocycles. The Kier molecular flexibility index (Phi) is 6.71. The van der Waals surface area contributed by atoms with Gasteiger partial charge in [-0.25, -0.2) is 9.78 Å². The van der Waals surface area contributed by atoms with Crippen LogP contribution in [-0.2, 0) is 25.9 Å². The van der Waals surface area contributed by atoms with Crippen molar-refractivity contribution < 1.29 is 4.79 Å². The number of hydrogen-bond acceptors (Lipinski definition) is 2. The molecule has 0 spiro atoms. The highest BCUT2D eigenvalue weighted by molar-refractivity contribution is 6.30. The van der Waals surface area contributed by atoms with Crippen molar-refractivity contribution in [2.45, 2.75) is 25.9 Å². The normalized spacial score (nSPS) is 10.7. The first-order valence-corrected chi connectivity index (χ1v) is 9.65. The summed E-state index contributed by atoms with van der Waals surface area (Å²) in [6.07, 6.45) is 5.49.